The summed E-state index contributed by atoms with van der Waals surface area (Å²) in [6.45, 7) is 4.64. The molecule has 1 aromatic rings. The fourth-order valence-corrected chi connectivity index (χ4v) is 2.63. The Bertz CT molecular complexity index is 434. The van der Waals surface area contributed by atoms with Crippen molar-refractivity contribution in [2.75, 3.05) is 6.54 Å². The van der Waals surface area contributed by atoms with Gasteiger partial charge < -0.3 is 15.2 Å². The van der Waals surface area contributed by atoms with Crippen LogP contribution in [0.15, 0.2) is 24.3 Å². The maximum atomic E-state index is 12.1. The van der Waals surface area contributed by atoms with Crippen LogP contribution in [0, 0.1) is 0 Å². The maximum Gasteiger partial charge on any atom is 0.338 e. The third-order valence-electron chi connectivity index (χ3n) is 3.55. The zero-order valence-corrected chi connectivity index (χ0v) is 12.2. The largest absolute Gasteiger partial charge is 0.459 e. The Labute approximate surface area is 120 Å². The molecule has 4 nitrogen and oxygen atoms in total. The average Bonchev–Trinajstić information content (AvgIpc) is 2.38. The molecule has 0 saturated carbocycles. The standard InChI is InChI=1S/C16H23NO3/c1-11-9-15(10-12(2)19-11)20-16(18)14-5-3-13(4-6-14)7-8-17/h3-6,11-12,15H,7-10,17H2,1-2H3. The van der Waals surface area contributed by atoms with E-state index < -0.39 is 0 Å². The lowest BCUT2D eigenvalue weighted by Crippen LogP contribution is -2.35. The molecule has 2 atom stereocenters. The van der Waals surface area contributed by atoms with Gasteiger partial charge in [0.2, 0.25) is 0 Å². The molecule has 20 heavy (non-hydrogen) atoms. The molecular weight excluding hydrogens is 254 g/mol. The Morgan fingerprint density at radius 1 is 1.25 bits per heavy atom. The summed E-state index contributed by atoms with van der Waals surface area (Å²) in [5.74, 6) is -0.254. The van der Waals surface area contributed by atoms with Gasteiger partial charge in [0.05, 0.1) is 17.8 Å². The average molecular weight is 277 g/mol. The first-order valence-electron chi connectivity index (χ1n) is 7.24. The smallest absolute Gasteiger partial charge is 0.338 e. The number of hydrogen-bond acceptors (Lipinski definition) is 4. The fourth-order valence-electron chi connectivity index (χ4n) is 2.63. The third-order valence-corrected chi connectivity index (χ3v) is 3.55. The number of carbonyl (C=O) groups is 1. The lowest BCUT2D eigenvalue weighted by molar-refractivity contribution is -0.0855. The van der Waals surface area contributed by atoms with E-state index in [0.717, 1.165) is 24.8 Å². The molecule has 1 aromatic carbocycles. The highest BCUT2D eigenvalue weighted by Gasteiger charge is 2.27. The summed E-state index contributed by atoms with van der Waals surface area (Å²) in [7, 11) is 0. The van der Waals surface area contributed by atoms with Crippen LogP contribution in [-0.4, -0.2) is 30.8 Å². The molecule has 1 aliphatic rings. The van der Waals surface area contributed by atoms with E-state index in [0.29, 0.717) is 12.1 Å². The fraction of sp³-hybridized carbons (Fsp3) is 0.562. The van der Waals surface area contributed by atoms with Crippen LogP contribution in [0.5, 0.6) is 0 Å². The van der Waals surface area contributed by atoms with Gasteiger partial charge in [0.15, 0.2) is 0 Å². The molecule has 0 radical (unpaired) electrons. The van der Waals surface area contributed by atoms with Crippen molar-refractivity contribution in [2.45, 2.75) is 51.4 Å². The number of hydrogen-bond donors (Lipinski definition) is 1. The lowest BCUT2D eigenvalue weighted by Gasteiger charge is -2.31. The van der Waals surface area contributed by atoms with Crippen LogP contribution in [0.4, 0.5) is 0 Å². The lowest BCUT2D eigenvalue weighted by atomic mass is 10.0. The van der Waals surface area contributed by atoms with Gasteiger partial charge in [-0.1, -0.05) is 12.1 Å². The van der Waals surface area contributed by atoms with Gasteiger partial charge in [-0.05, 0) is 44.5 Å². The molecular formula is C16H23NO3. The first-order chi connectivity index (χ1) is 9.58. The summed E-state index contributed by atoms with van der Waals surface area (Å²) >= 11 is 0. The first kappa shape index (κ1) is 15.0. The van der Waals surface area contributed by atoms with Crippen molar-refractivity contribution in [3.8, 4) is 0 Å². The first-order valence-corrected chi connectivity index (χ1v) is 7.24. The van der Waals surface area contributed by atoms with Crippen molar-refractivity contribution in [3.63, 3.8) is 0 Å². The predicted octanol–water partition coefficient (Wildman–Crippen LogP) is 2.30. The van der Waals surface area contributed by atoms with Gasteiger partial charge in [-0.3, -0.25) is 0 Å². The van der Waals surface area contributed by atoms with Gasteiger partial charge in [0.25, 0.3) is 0 Å². The Kier molecular flexibility index (Phi) is 5.15. The maximum absolute atomic E-state index is 12.1. The van der Waals surface area contributed by atoms with Crippen molar-refractivity contribution in [3.05, 3.63) is 35.4 Å². The molecule has 1 saturated heterocycles. The zero-order valence-electron chi connectivity index (χ0n) is 12.2. The molecule has 4 heteroatoms. The Morgan fingerprint density at radius 3 is 2.40 bits per heavy atom. The molecule has 0 amide bonds. The number of benzene rings is 1. The van der Waals surface area contributed by atoms with Gasteiger partial charge >= 0.3 is 5.97 Å². The van der Waals surface area contributed by atoms with E-state index in [1.165, 1.54) is 0 Å². The summed E-state index contributed by atoms with van der Waals surface area (Å²) in [6, 6.07) is 7.47. The van der Waals surface area contributed by atoms with E-state index >= 15 is 0 Å². The van der Waals surface area contributed by atoms with Gasteiger partial charge in [-0.15, -0.1) is 0 Å². The molecule has 1 fully saturated rings. The van der Waals surface area contributed by atoms with E-state index in [-0.39, 0.29) is 24.3 Å². The highest BCUT2D eigenvalue weighted by molar-refractivity contribution is 5.89. The van der Waals surface area contributed by atoms with Crippen LogP contribution < -0.4 is 5.73 Å². The number of nitrogens with two attached hydrogens (primary N) is 1. The molecule has 0 aromatic heterocycles. The highest BCUT2D eigenvalue weighted by atomic mass is 16.6. The second-order valence-corrected chi connectivity index (χ2v) is 5.49. The summed E-state index contributed by atoms with van der Waals surface area (Å²) in [5, 5.41) is 0. The van der Waals surface area contributed by atoms with Crippen molar-refractivity contribution in [1.82, 2.24) is 0 Å². The normalized spacial score (nSPS) is 26.2. The molecule has 2 N–H and O–H groups in total. The molecule has 2 rings (SSSR count). The van der Waals surface area contributed by atoms with Crippen LogP contribution in [0.25, 0.3) is 0 Å². The van der Waals surface area contributed by atoms with Gasteiger partial charge in [0, 0.05) is 12.8 Å². The topological polar surface area (TPSA) is 61.5 Å². The van der Waals surface area contributed by atoms with E-state index in [9.17, 15) is 4.79 Å². The van der Waals surface area contributed by atoms with Crippen LogP contribution in [-0.2, 0) is 15.9 Å². The highest BCUT2D eigenvalue weighted by Crippen LogP contribution is 2.22. The molecule has 0 aliphatic carbocycles. The van der Waals surface area contributed by atoms with Crippen molar-refractivity contribution < 1.29 is 14.3 Å². The molecule has 110 valence electrons. The molecule has 1 aliphatic heterocycles. The summed E-state index contributed by atoms with van der Waals surface area (Å²) in [5.41, 5.74) is 7.24. The zero-order chi connectivity index (χ0) is 14.5. The van der Waals surface area contributed by atoms with E-state index in [1.807, 2.05) is 26.0 Å². The minimum absolute atomic E-state index is 0.0510. The van der Waals surface area contributed by atoms with Crippen molar-refractivity contribution in [1.29, 1.82) is 0 Å². The molecule has 2 unspecified atom stereocenters. The summed E-state index contributed by atoms with van der Waals surface area (Å²) < 4.78 is 11.2. The van der Waals surface area contributed by atoms with Gasteiger partial charge in [-0.25, -0.2) is 4.79 Å². The molecule has 0 bridgehead atoms. The summed E-state index contributed by atoms with van der Waals surface area (Å²) in [6.07, 6.45) is 2.59. The quantitative estimate of drug-likeness (QED) is 0.858. The third kappa shape index (κ3) is 4.05. The predicted molar refractivity (Wildman–Crippen MR) is 77.6 cm³/mol. The number of ether oxygens (including phenoxy) is 2. The molecule has 0 spiro atoms. The number of rotatable bonds is 4. The molecule has 1 heterocycles. The Hall–Kier alpha value is -1.39. The van der Waals surface area contributed by atoms with Crippen LogP contribution in [0.1, 0.15) is 42.6 Å². The minimum Gasteiger partial charge on any atom is -0.459 e. The van der Waals surface area contributed by atoms with E-state index in [1.54, 1.807) is 12.1 Å². The van der Waals surface area contributed by atoms with Crippen LogP contribution in [0.3, 0.4) is 0 Å². The Morgan fingerprint density at radius 2 is 1.85 bits per heavy atom. The second-order valence-electron chi connectivity index (χ2n) is 5.49. The van der Waals surface area contributed by atoms with Gasteiger partial charge in [-0.2, -0.15) is 0 Å². The van der Waals surface area contributed by atoms with Crippen LogP contribution in [0.2, 0.25) is 0 Å². The minimum atomic E-state index is -0.254. The number of esters is 1. The Balaban J connectivity index is 1.93. The van der Waals surface area contributed by atoms with Gasteiger partial charge in [0.1, 0.15) is 6.10 Å². The SMILES string of the molecule is CC1CC(OC(=O)c2ccc(CCN)cc2)CC(C)O1. The summed E-state index contributed by atoms with van der Waals surface area (Å²) in [4.78, 5) is 12.1. The van der Waals surface area contributed by atoms with Crippen molar-refractivity contribution >= 4 is 5.97 Å². The monoisotopic (exact) mass is 277 g/mol. The van der Waals surface area contributed by atoms with E-state index in [2.05, 4.69) is 0 Å². The van der Waals surface area contributed by atoms with Crippen molar-refractivity contribution in [2.24, 2.45) is 5.73 Å². The van der Waals surface area contributed by atoms with Crippen LogP contribution >= 0.6 is 0 Å². The second kappa shape index (κ2) is 6.86. The van der Waals surface area contributed by atoms with E-state index in [4.69, 9.17) is 15.2 Å². The number of carbonyl (C=O) groups excluding carboxylic acids is 1.